The Morgan fingerprint density at radius 2 is 1.82 bits per heavy atom. The lowest BCUT2D eigenvalue weighted by Gasteiger charge is -2.20. The third-order valence-corrected chi connectivity index (χ3v) is 7.50. The van der Waals surface area contributed by atoms with Crippen molar-refractivity contribution in [3.63, 3.8) is 0 Å². The first kappa shape index (κ1) is 21.6. The van der Waals surface area contributed by atoms with Gasteiger partial charge in [-0.2, -0.15) is 0 Å². The summed E-state index contributed by atoms with van der Waals surface area (Å²) in [5.74, 6) is -1.07. The Kier molecular flexibility index (Phi) is 5.27. The summed E-state index contributed by atoms with van der Waals surface area (Å²) in [5.41, 5.74) is 1.82. The maximum Gasteiger partial charge on any atom is 0.273 e. The number of hydrogen-bond acceptors (Lipinski definition) is 5. The summed E-state index contributed by atoms with van der Waals surface area (Å²) in [5, 5.41) is 0.650. The Bertz CT molecular complexity index is 1590. The SMILES string of the molecule is [C-]#[N+]c1ccc2c(c1)C(c1ccccc1OCC)C(=O)N2S(=O)(=O)c1cccc2cccnc12. The molecule has 168 valence electrons. The van der Waals surface area contributed by atoms with Crippen LogP contribution in [0.4, 0.5) is 11.4 Å². The molecule has 1 amide bonds. The van der Waals surface area contributed by atoms with Crippen LogP contribution in [0.3, 0.4) is 0 Å². The lowest BCUT2D eigenvalue weighted by atomic mass is 9.91. The number of amides is 1. The van der Waals surface area contributed by atoms with Gasteiger partial charge in [0.25, 0.3) is 15.9 Å². The van der Waals surface area contributed by atoms with Crippen molar-refractivity contribution in [1.29, 1.82) is 0 Å². The van der Waals surface area contributed by atoms with Crippen LogP contribution in [-0.2, 0) is 14.8 Å². The van der Waals surface area contributed by atoms with Crippen molar-refractivity contribution >= 4 is 38.2 Å². The Hall–Kier alpha value is -4.22. The number of hydrogen-bond donors (Lipinski definition) is 0. The summed E-state index contributed by atoms with van der Waals surface area (Å²) in [6.07, 6.45) is 1.52. The monoisotopic (exact) mass is 469 g/mol. The van der Waals surface area contributed by atoms with Gasteiger partial charge in [-0.05, 0) is 36.8 Å². The van der Waals surface area contributed by atoms with Crippen LogP contribution in [0.1, 0.15) is 24.0 Å². The molecule has 0 fully saturated rings. The molecule has 8 heteroatoms. The Morgan fingerprint density at radius 3 is 2.62 bits per heavy atom. The predicted molar refractivity (Wildman–Crippen MR) is 129 cm³/mol. The highest BCUT2D eigenvalue weighted by molar-refractivity contribution is 7.93. The van der Waals surface area contributed by atoms with E-state index in [2.05, 4.69) is 9.83 Å². The molecule has 0 saturated carbocycles. The van der Waals surface area contributed by atoms with Crippen molar-refractivity contribution in [2.75, 3.05) is 10.9 Å². The number of para-hydroxylation sites is 2. The van der Waals surface area contributed by atoms with Crippen LogP contribution in [0.15, 0.2) is 83.9 Å². The van der Waals surface area contributed by atoms with Gasteiger partial charge in [-0.1, -0.05) is 48.5 Å². The van der Waals surface area contributed by atoms with Gasteiger partial charge in [-0.3, -0.25) is 9.78 Å². The second-order valence-corrected chi connectivity index (χ2v) is 9.45. The van der Waals surface area contributed by atoms with Gasteiger partial charge in [0.2, 0.25) is 0 Å². The first-order valence-electron chi connectivity index (χ1n) is 10.6. The Morgan fingerprint density at radius 1 is 1.03 bits per heavy atom. The molecule has 0 saturated heterocycles. The molecule has 0 aliphatic carbocycles. The number of sulfonamides is 1. The molecule has 2 heterocycles. The largest absolute Gasteiger partial charge is 0.494 e. The first-order valence-corrected chi connectivity index (χ1v) is 12.1. The minimum absolute atomic E-state index is 0.0575. The van der Waals surface area contributed by atoms with Crippen molar-refractivity contribution in [3.05, 3.63) is 102 Å². The van der Waals surface area contributed by atoms with E-state index in [1.807, 2.05) is 6.92 Å². The number of carbonyl (C=O) groups excluding carboxylic acids is 1. The predicted octanol–water partition coefficient (Wildman–Crippen LogP) is 5.05. The fourth-order valence-corrected chi connectivity index (χ4v) is 5.96. The maximum absolute atomic E-state index is 13.9. The zero-order valence-electron chi connectivity index (χ0n) is 18.2. The van der Waals surface area contributed by atoms with Crippen molar-refractivity contribution in [2.45, 2.75) is 17.7 Å². The van der Waals surface area contributed by atoms with Gasteiger partial charge >= 0.3 is 0 Å². The lowest BCUT2D eigenvalue weighted by Crippen LogP contribution is -2.35. The van der Waals surface area contributed by atoms with Gasteiger partial charge in [0, 0.05) is 17.1 Å². The van der Waals surface area contributed by atoms with E-state index in [0.29, 0.717) is 34.6 Å². The molecule has 0 N–H and O–H groups in total. The molecular formula is C26H19N3O4S. The van der Waals surface area contributed by atoms with Gasteiger partial charge in [-0.25, -0.2) is 17.6 Å². The van der Waals surface area contributed by atoms with Crippen LogP contribution in [0.5, 0.6) is 5.75 Å². The summed E-state index contributed by atoms with van der Waals surface area (Å²) < 4.78 is 34.5. The number of pyridine rings is 1. The second-order valence-electron chi connectivity index (χ2n) is 7.70. The minimum atomic E-state index is -4.31. The van der Waals surface area contributed by atoms with Crippen LogP contribution in [0, 0.1) is 6.57 Å². The number of carbonyl (C=O) groups is 1. The van der Waals surface area contributed by atoms with E-state index in [4.69, 9.17) is 11.3 Å². The topological polar surface area (TPSA) is 80.9 Å². The smallest absolute Gasteiger partial charge is 0.273 e. The quantitative estimate of drug-likeness (QED) is 0.382. The van der Waals surface area contributed by atoms with E-state index in [1.165, 1.54) is 24.4 Å². The van der Waals surface area contributed by atoms with Crippen LogP contribution in [0.2, 0.25) is 0 Å². The molecule has 0 radical (unpaired) electrons. The third kappa shape index (κ3) is 3.29. The summed E-state index contributed by atoms with van der Waals surface area (Å²) in [6, 6.07) is 20.0. The fourth-order valence-electron chi connectivity index (χ4n) is 4.33. The molecule has 0 spiro atoms. The molecule has 3 aromatic carbocycles. The van der Waals surface area contributed by atoms with E-state index < -0.39 is 21.8 Å². The number of anilines is 1. The zero-order valence-corrected chi connectivity index (χ0v) is 19.0. The number of ether oxygens (including phenoxy) is 1. The summed E-state index contributed by atoms with van der Waals surface area (Å²) in [7, 11) is -4.31. The number of fused-ring (bicyclic) bond motifs is 2. The average Bonchev–Trinajstić information content (AvgIpc) is 3.15. The van der Waals surface area contributed by atoms with E-state index in [-0.39, 0.29) is 16.1 Å². The van der Waals surface area contributed by atoms with E-state index in [1.54, 1.807) is 54.6 Å². The molecule has 4 aromatic rings. The standard InChI is InChI=1S/C26H19N3O4S/c1-3-33-22-11-5-4-10-19(22)24-20-16-18(27-2)13-14-21(20)29(26(24)30)34(31,32)23-12-6-8-17-9-7-15-28-25(17)23/h4-16,24H,3H2,1H3. The minimum Gasteiger partial charge on any atom is -0.494 e. The van der Waals surface area contributed by atoms with Gasteiger partial charge in [0.05, 0.1) is 30.3 Å². The highest BCUT2D eigenvalue weighted by atomic mass is 32.2. The normalized spacial score (nSPS) is 15.2. The maximum atomic E-state index is 13.9. The van der Waals surface area contributed by atoms with Crippen molar-refractivity contribution in [1.82, 2.24) is 4.98 Å². The molecule has 1 atom stereocenters. The molecule has 1 aliphatic heterocycles. The summed E-state index contributed by atoms with van der Waals surface area (Å²) >= 11 is 0. The third-order valence-electron chi connectivity index (χ3n) is 5.76. The van der Waals surface area contributed by atoms with Gasteiger partial charge in [-0.15, -0.1) is 0 Å². The first-order chi connectivity index (χ1) is 16.5. The number of nitrogens with zero attached hydrogens (tertiary/aromatic N) is 3. The van der Waals surface area contributed by atoms with Crippen LogP contribution >= 0.6 is 0 Å². The fraction of sp³-hybridized carbons (Fsp3) is 0.115. The van der Waals surface area contributed by atoms with Crippen LogP contribution < -0.4 is 9.04 Å². The van der Waals surface area contributed by atoms with E-state index in [9.17, 15) is 13.2 Å². The summed E-state index contributed by atoms with van der Waals surface area (Å²) in [6.45, 7) is 9.63. The molecule has 5 rings (SSSR count). The summed E-state index contributed by atoms with van der Waals surface area (Å²) in [4.78, 5) is 21.6. The van der Waals surface area contributed by atoms with Crippen LogP contribution in [0.25, 0.3) is 15.7 Å². The average molecular weight is 470 g/mol. The van der Waals surface area contributed by atoms with Crippen molar-refractivity contribution in [3.8, 4) is 5.75 Å². The number of aromatic nitrogens is 1. The van der Waals surface area contributed by atoms with Gasteiger partial charge in [0.1, 0.15) is 10.6 Å². The molecule has 1 aromatic heterocycles. The highest BCUT2D eigenvalue weighted by Gasteiger charge is 2.46. The molecule has 34 heavy (non-hydrogen) atoms. The molecule has 7 nitrogen and oxygen atoms in total. The van der Waals surface area contributed by atoms with Crippen LogP contribution in [-0.4, -0.2) is 25.9 Å². The molecule has 1 aliphatic rings. The van der Waals surface area contributed by atoms with Gasteiger partial charge < -0.3 is 4.74 Å². The molecular weight excluding hydrogens is 450 g/mol. The van der Waals surface area contributed by atoms with E-state index >= 15 is 0 Å². The van der Waals surface area contributed by atoms with E-state index in [0.717, 1.165) is 4.31 Å². The molecule has 1 unspecified atom stereocenters. The van der Waals surface area contributed by atoms with Gasteiger partial charge in [0.15, 0.2) is 5.69 Å². The highest BCUT2D eigenvalue weighted by Crippen LogP contribution is 2.47. The molecule has 0 bridgehead atoms. The Balaban J connectivity index is 1.74. The van der Waals surface area contributed by atoms with Crippen molar-refractivity contribution in [2.24, 2.45) is 0 Å². The second kappa shape index (κ2) is 8.28. The van der Waals surface area contributed by atoms with Crippen molar-refractivity contribution < 1.29 is 17.9 Å². The number of rotatable bonds is 5. The number of benzene rings is 3. The lowest BCUT2D eigenvalue weighted by molar-refractivity contribution is -0.117. The zero-order chi connectivity index (χ0) is 23.9. The Labute approximate surface area is 197 Å².